The molecule has 1 aliphatic heterocycles. The fourth-order valence-corrected chi connectivity index (χ4v) is 3.92. The summed E-state index contributed by atoms with van der Waals surface area (Å²) in [6, 6.07) is 9.09. The van der Waals surface area contributed by atoms with Crippen LogP contribution < -0.4 is 0 Å². The quantitative estimate of drug-likeness (QED) is 0.781. The van der Waals surface area contributed by atoms with Crippen LogP contribution in [0.2, 0.25) is 0 Å². The van der Waals surface area contributed by atoms with Crippen molar-refractivity contribution >= 4 is 0 Å². The average Bonchev–Trinajstić information content (AvgIpc) is 2.59. The maximum atomic E-state index is 10.4. The number of benzene rings is 1. The first-order valence-corrected chi connectivity index (χ1v) is 7.78. The summed E-state index contributed by atoms with van der Waals surface area (Å²) in [5.74, 6) is 0.534. The SMILES string of the molecule is CC1c2ccccc2C(O)CCC1N1CCCCC1. The Morgan fingerprint density at radius 2 is 1.68 bits per heavy atom. The van der Waals surface area contributed by atoms with Gasteiger partial charge in [0.1, 0.15) is 0 Å². The first kappa shape index (κ1) is 13.1. The van der Waals surface area contributed by atoms with Gasteiger partial charge in [-0.1, -0.05) is 37.6 Å². The standard InChI is InChI=1S/C17H25NO/c1-13-14-7-3-4-8-15(14)17(19)10-9-16(13)18-11-5-2-6-12-18/h3-4,7-8,13,16-17,19H,2,5-6,9-12H2,1H3. The Bertz CT molecular complexity index is 425. The van der Waals surface area contributed by atoms with Crippen LogP contribution in [0.5, 0.6) is 0 Å². The van der Waals surface area contributed by atoms with Gasteiger partial charge in [0.15, 0.2) is 0 Å². The molecule has 1 heterocycles. The highest BCUT2D eigenvalue weighted by Gasteiger charge is 2.32. The third-order valence-corrected chi connectivity index (χ3v) is 5.02. The maximum absolute atomic E-state index is 10.4. The number of nitrogens with zero attached hydrogens (tertiary/aromatic N) is 1. The molecular weight excluding hydrogens is 234 g/mol. The van der Waals surface area contributed by atoms with Crippen LogP contribution in [0.4, 0.5) is 0 Å². The zero-order valence-electron chi connectivity index (χ0n) is 11.9. The van der Waals surface area contributed by atoms with E-state index in [2.05, 4.69) is 36.1 Å². The zero-order chi connectivity index (χ0) is 13.2. The molecule has 1 aromatic rings. The number of rotatable bonds is 1. The van der Waals surface area contributed by atoms with Crippen LogP contribution >= 0.6 is 0 Å². The highest BCUT2D eigenvalue weighted by atomic mass is 16.3. The lowest BCUT2D eigenvalue weighted by atomic mass is 9.89. The van der Waals surface area contributed by atoms with Crippen molar-refractivity contribution in [2.45, 2.75) is 57.1 Å². The number of aliphatic hydroxyl groups is 1. The van der Waals surface area contributed by atoms with Gasteiger partial charge in [-0.25, -0.2) is 0 Å². The van der Waals surface area contributed by atoms with Gasteiger partial charge in [-0.15, -0.1) is 0 Å². The summed E-state index contributed by atoms with van der Waals surface area (Å²) in [6.07, 6.45) is 5.82. The molecular formula is C17H25NO. The van der Waals surface area contributed by atoms with Crippen LogP contribution in [-0.4, -0.2) is 29.1 Å². The van der Waals surface area contributed by atoms with Gasteiger partial charge in [-0.3, -0.25) is 4.90 Å². The van der Waals surface area contributed by atoms with E-state index in [9.17, 15) is 5.11 Å². The van der Waals surface area contributed by atoms with Crippen LogP contribution in [0.15, 0.2) is 24.3 Å². The van der Waals surface area contributed by atoms with Crippen molar-refractivity contribution in [2.24, 2.45) is 0 Å². The van der Waals surface area contributed by atoms with Gasteiger partial charge in [0, 0.05) is 6.04 Å². The second kappa shape index (κ2) is 5.64. The Balaban J connectivity index is 1.88. The van der Waals surface area contributed by atoms with Gasteiger partial charge < -0.3 is 5.11 Å². The van der Waals surface area contributed by atoms with Crippen molar-refractivity contribution < 1.29 is 5.11 Å². The Morgan fingerprint density at radius 1 is 1.00 bits per heavy atom. The maximum Gasteiger partial charge on any atom is 0.0793 e. The molecule has 0 saturated carbocycles. The van der Waals surface area contributed by atoms with Gasteiger partial charge in [-0.2, -0.15) is 0 Å². The van der Waals surface area contributed by atoms with Gasteiger partial charge in [0.05, 0.1) is 6.10 Å². The molecule has 2 aliphatic rings. The van der Waals surface area contributed by atoms with Gasteiger partial charge in [0.25, 0.3) is 0 Å². The van der Waals surface area contributed by atoms with Gasteiger partial charge in [0.2, 0.25) is 0 Å². The van der Waals surface area contributed by atoms with E-state index in [-0.39, 0.29) is 6.10 Å². The summed E-state index contributed by atoms with van der Waals surface area (Å²) in [6.45, 7) is 4.83. The van der Waals surface area contributed by atoms with Crippen molar-refractivity contribution in [2.75, 3.05) is 13.1 Å². The molecule has 0 aromatic heterocycles. The minimum absolute atomic E-state index is 0.270. The van der Waals surface area contributed by atoms with Crippen molar-refractivity contribution in [3.8, 4) is 0 Å². The molecule has 3 atom stereocenters. The lowest BCUT2D eigenvalue weighted by Crippen LogP contribution is -2.41. The number of piperidine rings is 1. The third-order valence-electron chi connectivity index (χ3n) is 5.02. The highest BCUT2D eigenvalue weighted by molar-refractivity contribution is 5.34. The fourth-order valence-electron chi connectivity index (χ4n) is 3.92. The van der Waals surface area contributed by atoms with Crippen LogP contribution in [0.25, 0.3) is 0 Å². The van der Waals surface area contributed by atoms with Crippen LogP contribution in [0, 0.1) is 0 Å². The summed E-state index contributed by atoms with van der Waals surface area (Å²) in [5, 5.41) is 10.4. The molecule has 2 heteroatoms. The Hall–Kier alpha value is -0.860. The number of hydrogen-bond donors (Lipinski definition) is 1. The van der Waals surface area contributed by atoms with E-state index < -0.39 is 0 Å². The fraction of sp³-hybridized carbons (Fsp3) is 0.647. The molecule has 1 aromatic carbocycles. The second-order valence-electron chi connectivity index (χ2n) is 6.17. The number of likely N-dealkylation sites (tertiary alicyclic amines) is 1. The predicted octanol–water partition coefficient (Wildman–Crippen LogP) is 3.47. The smallest absolute Gasteiger partial charge is 0.0793 e. The molecule has 1 N–H and O–H groups in total. The summed E-state index contributed by atoms with van der Waals surface area (Å²) in [5.41, 5.74) is 2.53. The molecule has 0 radical (unpaired) electrons. The third kappa shape index (κ3) is 2.56. The number of fused-ring (bicyclic) bond motifs is 1. The molecule has 19 heavy (non-hydrogen) atoms. The molecule has 3 rings (SSSR count). The first-order chi connectivity index (χ1) is 9.27. The topological polar surface area (TPSA) is 23.5 Å². The van der Waals surface area contributed by atoms with Crippen molar-refractivity contribution in [1.29, 1.82) is 0 Å². The van der Waals surface area contributed by atoms with E-state index in [1.807, 2.05) is 0 Å². The second-order valence-corrected chi connectivity index (χ2v) is 6.17. The van der Waals surface area contributed by atoms with E-state index in [0.717, 1.165) is 18.4 Å². The average molecular weight is 259 g/mol. The largest absolute Gasteiger partial charge is 0.388 e. The van der Waals surface area contributed by atoms with Crippen LogP contribution in [0.1, 0.15) is 62.2 Å². The minimum atomic E-state index is -0.270. The number of hydrogen-bond acceptors (Lipinski definition) is 2. The Kier molecular flexibility index (Phi) is 3.90. The zero-order valence-corrected chi connectivity index (χ0v) is 11.9. The van der Waals surface area contributed by atoms with E-state index in [0.29, 0.717) is 12.0 Å². The van der Waals surface area contributed by atoms with Gasteiger partial charge >= 0.3 is 0 Å². The Morgan fingerprint density at radius 3 is 2.42 bits per heavy atom. The summed E-state index contributed by atoms with van der Waals surface area (Å²) >= 11 is 0. The van der Waals surface area contributed by atoms with E-state index >= 15 is 0 Å². The lowest BCUT2D eigenvalue weighted by molar-refractivity contribution is 0.117. The van der Waals surface area contributed by atoms with Crippen molar-refractivity contribution in [3.05, 3.63) is 35.4 Å². The normalized spacial score (nSPS) is 32.6. The molecule has 1 aliphatic carbocycles. The molecule has 3 unspecified atom stereocenters. The minimum Gasteiger partial charge on any atom is -0.388 e. The van der Waals surface area contributed by atoms with Gasteiger partial charge in [-0.05, 0) is 55.8 Å². The molecule has 0 amide bonds. The summed E-state index contributed by atoms with van der Waals surface area (Å²) in [4.78, 5) is 2.67. The predicted molar refractivity (Wildman–Crippen MR) is 78.3 cm³/mol. The molecule has 104 valence electrons. The Labute approximate surface area is 116 Å². The van der Waals surface area contributed by atoms with Crippen LogP contribution in [-0.2, 0) is 0 Å². The van der Waals surface area contributed by atoms with Crippen molar-refractivity contribution in [3.63, 3.8) is 0 Å². The summed E-state index contributed by atoms with van der Waals surface area (Å²) < 4.78 is 0. The van der Waals surface area contributed by atoms with E-state index in [1.165, 1.54) is 37.9 Å². The van der Waals surface area contributed by atoms with Crippen molar-refractivity contribution in [1.82, 2.24) is 4.90 Å². The van der Waals surface area contributed by atoms with E-state index in [1.54, 1.807) is 0 Å². The lowest BCUT2D eigenvalue weighted by Gasteiger charge is -2.37. The van der Waals surface area contributed by atoms with E-state index in [4.69, 9.17) is 0 Å². The molecule has 1 fully saturated rings. The number of aliphatic hydroxyl groups excluding tert-OH is 1. The molecule has 0 bridgehead atoms. The van der Waals surface area contributed by atoms with Crippen LogP contribution in [0.3, 0.4) is 0 Å². The molecule has 0 spiro atoms. The molecule has 2 nitrogen and oxygen atoms in total. The molecule has 1 saturated heterocycles. The summed E-state index contributed by atoms with van der Waals surface area (Å²) in [7, 11) is 0. The first-order valence-electron chi connectivity index (χ1n) is 7.78. The highest BCUT2D eigenvalue weighted by Crippen LogP contribution is 2.38. The monoisotopic (exact) mass is 259 g/mol.